The van der Waals surface area contributed by atoms with E-state index in [1.807, 2.05) is 13.8 Å². The first-order valence-electron chi connectivity index (χ1n) is 5.28. The van der Waals surface area contributed by atoms with Crippen LogP contribution in [-0.2, 0) is 4.74 Å². The van der Waals surface area contributed by atoms with Gasteiger partial charge in [-0.05, 0) is 38.2 Å². The smallest absolute Gasteiger partial charge is 0.261 e. The van der Waals surface area contributed by atoms with Crippen LogP contribution in [0.2, 0.25) is 5.02 Å². The summed E-state index contributed by atoms with van der Waals surface area (Å²) in [5.74, 6) is 0.379. The van der Waals surface area contributed by atoms with E-state index in [0.717, 1.165) is 0 Å². The number of ether oxygens (including phenoxy) is 2. The predicted octanol–water partition coefficient (Wildman–Crippen LogP) is 3.28. The van der Waals surface area contributed by atoms with Gasteiger partial charge in [0.1, 0.15) is 0 Å². The zero-order valence-electron chi connectivity index (χ0n) is 10.3. The summed E-state index contributed by atoms with van der Waals surface area (Å²) in [6.07, 6.45) is 0.628. The monoisotopic (exact) mass is 287 g/mol. The fourth-order valence-corrected chi connectivity index (χ4v) is 1.91. The Morgan fingerprint density at radius 3 is 2.67 bits per heavy atom. The molecule has 0 amide bonds. The molecule has 0 aliphatic heterocycles. The van der Waals surface area contributed by atoms with Gasteiger partial charge in [-0.3, -0.25) is 4.79 Å². The summed E-state index contributed by atoms with van der Waals surface area (Å²) < 4.78 is 10.5. The van der Waals surface area contributed by atoms with Gasteiger partial charge in [0.2, 0.25) is 0 Å². The van der Waals surface area contributed by atoms with Crippen molar-refractivity contribution in [3.8, 4) is 5.75 Å². The number of carbonyl (C=O) groups is 1. The molecule has 0 saturated heterocycles. The Hall–Kier alpha value is -1.33. The van der Waals surface area contributed by atoms with Crippen LogP contribution in [0.1, 0.15) is 24.2 Å². The first-order chi connectivity index (χ1) is 8.47. The molecule has 1 aromatic carbocycles. The molecule has 0 aromatic heterocycles. The van der Waals surface area contributed by atoms with Crippen LogP contribution in [0.5, 0.6) is 5.75 Å². The Labute approximate surface area is 116 Å². The van der Waals surface area contributed by atoms with Gasteiger partial charge in [0.15, 0.2) is 12.0 Å². The fourth-order valence-electron chi connectivity index (χ4n) is 1.38. The zero-order valence-corrected chi connectivity index (χ0v) is 11.9. The zero-order chi connectivity index (χ0) is 13.7. The van der Waals surface area contributed by atoms with Crippen molar-refractivity contribution in [2.75, 3.05) is 12.4 Å². The molecule has 4 nitrogen and oxygen atoms in total. The number of aldehydes is 1. The molecule has 18 heavy (non-hydrogen) atoms. The van der Waals surface area contributed by atoms with Gasteiger partial charge in [-0.15, -0.1) is 0 Å². The number of methoxy groups -OCH3 is 1. The Morgan fingerprint density at radius 2 is 2.17 bits per heavy atom. The lowest BCUT2D eigenvalue weighted by Crippen LogP contribution is -2.18. The maximum atomic E-state index is 10.9. The summed E-state index contributed by atoms with van der Waals surface area (Å²) in [7, 11) is 1.47. The van der Waals surface area contributed by atoms with Gasteiger partial charge < -0.3 is 14.8 Å². The normalized spacial score (nSPS) is 10.1. The average Bonchev–Trinajstić information content (AvgIpc) is 2.26. The van der Waals surface area contributed by atoms with Crippen LogP contribution >= 0.6 is 23.8 Å². The number of benzene rings is 1. The molecule has 1 N–H and O–H groups in total. The molecule has 6 heteroatoms. The molecule has 0 aliphatic carbocycles. The summed E-state index contributed by atoms with van der Waals surface area (Å²) in [6.45, 7) is 3.72. The Balaban J connectivity index is 3.03. The quantitative estimate of drug-likeness (QED) is 0.680. The molecule has 98 valence electrons. The highest BCUT2D eigenvalue weighted by Gasteiger charge is 2.12. The van der Waals surface area contributed by atoms with E-state index in [-0.39, 0.29) is 11.3 Å². The van der Waals surface area contributed by atoms with Crippen molar-refractivity contribution in [1.29, 1.82) is 0 Å². The molecule has 0 unspecified atom stereocenters. The minimum absolute atomic E-state index is 0.0410. The third kappa shape index (κ3) is 3.85. The van der Waals surface area contributed by atoms with Gasteiger partial charge in [-0.2, -0.15) is 0 Å². The van der Waals surface area contributed by atoms with E-state index in [9.17, 15) is 4.79 Å². The van der Waals surface area contributed by atoms with E-state index in [1.165, 1.54) is 13.2 Å². The second-order valence-corrected chi connectivity index (χ2v) is 4.58. The number of rotatable bonds is 4. The number of thiocarbonyl (C=S) groups is 1. The van der Waals surface area contributed by atoms with Gasteiger partial charge in [0, 0.05) is 5.02 Å². The predicted molar refractivity (Wildman–Crippen MR) is 75.8 cm³/mol. The fraction of sp³-hybridized carbons (Fsp3) is 0.333. The van der Waals surface area contributed by atoms with Crippen molar-refractivity contribution in [2.45, 2.75) is 20.0 Å². The lowest BCUT2D eigenvalue weighted by molar-refractivity contribution is 0.112. The first kappa shape index (κ1) is 14.7. The summed E-state index contributed by atoms with van der Waals surface area (Å²) >= 11 is 10.9. The number of hydrogen-bond acceptors (Lipinski definition) is 4. The molecule has 0 saturated carbocycles. The average molecular weight is 288 g/mol. The first-order valence-corrected chi connectivity index (χ1v) is 6.07. The second-order valence-electron chi connectivity index (χ2n) is 3.77. The minimum atomic E-state index is -0.0410. The second kappa shape index (κ2) is 6.56. The molecule has 0 spiro atoms. The van der Waals surface area contributed by atoms with Crippen LogP contribution in [0.4, 0.5) is 5.69 Å². The van der Waals surface area contributed by atoms with Gasteiger partial charge in [0.05, 0.1) is 24.5 Å². The van der Waals surface area contributed by atoms with Crippen LogP contribution in [0.3, 0.4) is 0 Å². The molecule has 0 heterocycles. The van der Waals surface area contributed by atoms with E-state index < -0.39 is 0 Å². The molecule has 0 atom stereocenters. The molecule has 0 fully saturated rings. The standard InChI is InChI=1S/C12H14ClNO3S/c1-7(2)17-12(18)14-10-5-9(13)4-8(6-15)11(10)16-3/h4-7H,1-3H3,(H,14,18). The van der Waals surface area contributed by atoms with Gasteiger partial charge in [-0.25, -0.2) is 0 Å². The Kier molecular flexibility index (Phi) is 5.37. The van der Waals surface area contributed by atoms with E-state index >= 15 is 0 Å². The summed E-state index contributed by atoms with van der Waals surface area (Å²) in [5.41, 5.74) is 0.845. The molecule has 0 bridgehead atoms. The molecule has 1 aromatic rings. The number of halogens is 1. The number of carbonyl (C=O) groups excluding carboxylic acids is 1. The molecule has 1 rings (SSSR count). The van der Waals surface area contributed by atoms with Crippen LogP contribution in [0.25, 0.3) is 0 Å². The van der Waals surface area contributed by atoms with Crippen molar-refractivity contribution in [3.05, 3.63) is 22.7 Å². The van der Waals surface area contributed by atoms with Gasteiger partial charge in [0.25, 0.3) is 5.17 Å². The summed E-state index contributed by atoms with van der Waals surface area (Å²) in [5, 5.41) is 3.46. The molecular weight excluding hydrogens is 274 g/mol. The minimum Gasteiger partial charge on any atom is -0.494 e. The van der Waals surface area contributed by atoms with Crippen molar-refractivity contribution in [1.82, 2.24) is 0 Å². The third-order valence-electron chi connectivity index (χ3n) is 1.99. The lowest BCUT2D eigenvalue weighted by atomic mass is 10.2. The SMILES string of the molecule is COc1c(C=O)cc(Cl)cc1NC(=S)OC(C)C. The van der Waals surface area contributed by atoms with E-state index in [2.05, 4.69) is 5.32 Å². The summed E-state index contributed by atoms with van der Waals surface area (Å²) in [4.78, 5) is 10.9. The van der Waals surface area contributed by atoms with Crippen LogP contribution in [-0.4, -0.2) is 24.7 Å². The topological polar surface area (TPSA) is 47.6 Å². The van der Waals surface area contributed by atoms with E-state index in [4.69, 9.17) is 33.3 Å². The van der Waals surface area contributed by atoms with Crippen molar-refractivity contribution >= 4 is 41.0 Å². The lowest BCUT2D eigenvalue weighted by Gasteiger charge is -2.16. The summed E-state index contributed by atoms with van der Waals surface area (Å²) in [6, 6.07) is 3.13. The van der Waals surface area contributed by atoms with Crippen LogP contribution in [0, 0.1) is 0 Å². The molecular formula is C12H14ClNO3S. The molecule has 0 aliphatic rings. The highest BCUT2D eigenvalue weighted by atomic mass is 35.5. The number of anilines is 1. The van der Waals surface area contributed by atoms with Crippen molar-refractivity contribution in [2.24, 2.45) is 0 Å². The number of nitrogens with one attached hydrogen (secondary N) is 1. The highest BCUT2D eigenvalue weighted by Crippen LogP contribution is 2.31. The molecule has 0 radical (unpaired) electrons. The van der Waals surface area contributed by atoms with Gasteiger partial charge >= 0.3 is 0 Å². The van der Waals surface area contributed by atoms with Gasteiger partial charge in [-0.1, -0.05) is 11.6 Å². The van der Waals surface area contributed by atoms with Crippen LogP contribution in [0.15, 0.2) is 12.1 Å². The van der Waals surface area contributed by atoms with E-state index in [0.29, 0.717) is 28.3 Å². The Morgan fingerprint density at radius 1 is 1.50 bits per heavy atom. The van der Waals surface area contributed by atoms with Crippen molar-refractivity contribution < 1.29 is 14.3 Å². The van der Waals surface area contributed by atoms with Crippen LogP contribution < -0.4 is 10.1 Å². The van der Waals surface area contributed by atoms with Crippen molar-refractivity contribution in [3.63, 3.8) is 0 Å². The third-order valence-corrected chi connectivity index (χ3v) is 2.41. The number of hydrogen-bond donors (Lipinski definition) is 1. The van der Waals surface area contributed by atoms with E-state index in [1.54, 1.807) is 6.07 Å². The maximum absolute atomic E-state index is 10.9. The highest BCUT2D eigenvalue weighted by molar-refractivity contribution is 7.80. The maximum Gasteiger partial charge on any atom is 0.261 e. The largest absolute Gasteiger partial charge is 0.494 e. The Bertz CT molecular complexity index is 463.